The molecule has 10 nitrogen and oxygen atoms in total. The smallest absolute Gasteiger partial charge is 0.247 e. The molecule has 3 atom stereocenters. The normalized spacial score (nSPS) is 17.9. The largest absolute Gasteiger partial charge is 0.497 e. The van der Waals surface area contributed by atoms with E-state index >= 15 is 0 Å². The van der Waals surface area contributed by atoms with Crippen molar-refractivity contribution < 1.29 is 38.8 Å². The number of carbonyl (C=O) groups is 3. The lowest BCUT2D eigenvalue weighted by molar-refractivity contribution is -0.138. The van der Waals surface area contributed by atoms with E-state index in [4.69, 9.17) is 14.2 Å². The van der Waals surface area contributed by atoms with Gasteiger partial charge in [-0.1, -0.05) is 18.2 Å². The van der Waals surface area contributed by atoms with Crippen molar-refractivity contribution in [3.8, 4) is 17.2 Å². The zero-order chi connectivity index (χ0) is 30.6. The van der Waals surface area contributed by atoms with E-state index in [-0.39, 0.29) is 44.2 Å². The number of aldehydes is 1. The molecule has 42 heavy (non-hydrogen) atoms. The predicted octanol–water partition coefficient (Wildman–Crippen LogP) is 3.07. The molecule has 0 radical (unpaired) electrons. The number of hydrogen-bond donors (Lipinski definition) is 3. The van der Waals surface area contributed by atoms with Gasteiger partial charge in [0.15, 0.2) is 11.5 Å². The van der Waals surface area contributed by atoms with Gasteiger partial charge in [0.1, 0.15) is 24.2 Å². The molecule has 1 aliphatic carbocycles. The highest BCUT2D eigenvalue weighted by atomic mass is 127. The topological polar surface area (TPSA) is 135 Å². The number of methoxy groups -OCH3 is 2. The van der Waals surface area contributed by atoms with Gasteiger partial charge >= 0.3 is 0 Å². The van der Waals surface area contributed by atoms with Gasteiger partial charge in [0.2, 0.25) is 11.8 Å². The first kappa shape index (κ1) is 33.1. The van der Waals surface area contributed by atoms with Crippen LogP contribution in [0.3, 0.4) is 0 Å². The molecule has 3 N–H and O–H groups in total. The van der Waals surface area contributed by atoms with Crippen molar-refractivity contribution in [3.05, 3.63) is 75.4 Å². The molecule has 0 saturated heterocycles. The summed E-state index contributed by atoms with van der Waals surface area (Å²) in [7, 11) is 3.02. The van der Waals surface area contributed by atoms with E-state index in [0.29, 0.717) is 45.3 Å². The van der Waals surface area contributed by atoms with Crippen LogP contribution < -0.4 is 19.5 Å². The monoisotopic (exact) mass is 692 g/mol. The van der Waals surface area contributed by atoms with E-state index in [2.05, 4.69) is 11.9 Å². The van der Waals surface area contributed by atoms with Crippen LogP contribution in [0.15, 0.2) is 60.7 Å². The zero-order valence-corrected chi connectivity index (χ0v) is 25.9. The summed E-state index contributed by atoms with van der Waals surface area (Å²) in [6.07, 6.45) is 2.85. The first-order chi connectivity index (χ1) is 20.3. The lowest BCUT2D eigenvalue weighted by Gasteiger charge is -2.41. The van der Waals surface area contributed by atoms with E-state index in [1.54, 1.807) is 24.2 Å². The van der Waals surface area contributed by atoms with Crippen LogP contribution in [0.4, 0.5) is 0 Å². The first-order valence-electron chi connectivity index (χ1n) is 13.6. The molecule has 2 aromatic rings. The molecule has 0 fully saturated rings. The molecule has 2 aromatic carbocycles. The minimum Gasteiger partial charge on any atom is -0.497 e. The molecule has 0 bridgehead atoms. The molecule has 0 heterocycles. The summed E-state index contributed by atoms with van der Waals surface area (Å²) in [4.78, 5) is 39.6. The van der Waals surface area contributed by atoms with Gasteiger partial charge in [0, 0.05) is 37.1 Å². The summed E-state index contributed by atoms with van der Waals surface area (Å²) in [5, 5.41) is 23.6. The van der Waals surface area contributed by atoms with E-state index in [0.717, 1.165) is 5.56 Å². The quantitative estimate of drug-likeness (QED) is 0.147. The van der Waals surface area contributed by atoms with Gasteiger partial charge in [-0.05, 0) is 71.3 Å². The first-order valence-corrected chi connectivity index (χ1v) is 14.6. The fraction of sp³-hybridized carbons (Fsp3) is 0.387. The third-order valence-corrected chi connectivity index (χ3v) is 7.72. The van der Waals surface area contributed by atoms with Crippen LogP contribution in [-0.2, 0) is 16.0 Å². The highest BCUT2D eigenvalue weighted by Gasteiger charge is 2.40. The van der Waals surface area contributed by atoms with Gasteiger partial charge in [0.25, 0.3) is 0 Å². The molecule has 1 aliphatic rings. The van der Waals surface area contributed by atoms with Crippen molar-refractivity contribution in [2.45, 2.75) is 43.9 Å². The second kappa shape index (κ2) is 16.3. The molecule has 11 heteroatoms. The molecular formula is C31H37IN2O8. The van der Waals surface area contributed by atoms with Crippen LogP contribution in [0.1, 0.15) is 35.2 Å². The van der Waals surface area contributed by atoms with E-state index in [1.165, 1.54) is 19.3 Å². The number of nitrogens with one attached hydrogen (secondary N) is 1. The maximum atomic E-state index is 13.5. The summed E-state index contributed by atoms with van der Waals surface area (Å²) >= 11 is 2.01. The number of nitrogens with zero attached hydrogens (tertiary/aromatic N) is 1. The Hall–Kier alpha value is -3.42. The second-order valence-corrected chi connectivity index (χ2v) is 10.8. The van der Waals surface area contributed by atoms with Crippen LogP contribution in [0.25, 0.3) is 0 Å². The Morgan fingerprint density at radius 3 is 2.67 bits per heavy atom. The van der Waals surface area contributed by atoms with Gasteiger partial charge in [-0.3, -0.25) is 14.4 Å². The Bertz CT molecular complexity index is 1300. The van der Waals surface area contributed by atoms with Crippen LogP contribution in [-0.4, -0.2) is 85.4 Å². The maximum absolute atomic E-state index is 13.5. The number of benzene rings is 2. The highest BCUT2D eigenvalue weighted by molar-refractivity contribution is 14.1. The number of allylic oxidation sites excluding steroid dienone is 1. The van der Waals surface area contributed by atoms with Gasteiger partial charge in [-0.25, -0.2) is 0 Å². The summed E-state index contributed by atoms with van der Waals surface area (Å²) in [6, 6.07) is 9.88. The summed E-state index contributed by atoms with van der Waals surface area (Å²) in [5.41, 5.74) is 1.65. The van der Waals surface area contributed by atoms with Crippen LogP contribution >= 0.6 is 22.6 Å². The number of aliphatic hydroxyl groups excluding tert-OH is 2. The van der Waals surface area contributed by atoms with E-state index in [1.807, 2.05) is 46.9 Å². The minimum absolute atomic E-state index is 0.0472. The summed E-state index contributed by atoms with van der Waals surface area (Å²) in [5.74, 6) is 0.646. The van der Waals surface area contributed by atoms with Crippen LogP contribution in [0.5, 0.6) is 17.2 Å². The van der Waals surface area contributed by atoms with Crippen molar-refractivity contribution in [2.24, 2.45) is 0 Å². The Balaban J connectivity index is 2.00. The Kier molecular flexibility index (Phi) is 12.8. The van der Waals surface area contributed by atoms with Crippen LogP contribution in [0.2, 0.25) is 0 Å². The molecule has 0 aromatic heterocycles. The summed E-state index contributed by atoms with van der Waals surface area (Å²) < 4.78 is 17.6. The van der Waals surface area contributed by atoms with Crippen molar-refractivity contribution in [1.82, 2.24) is 10.2 Å². The number of ether oxygens (including phenoxy) is 3. The SMILES string of the molecule is C=CCCC(=O)N(CCc1cccc(OC)c1)[C@@H]1CC(C(=O)NCCO)=C[C@H](Oc2c(I)cc(C=O)cc2OC)[C@H]1O. The second-order valence-electron chi connectivity index (χ2n) is 9.68. The Morgan fingerprint density at radius 2 is 2.00 bits per heavy atom. The van der Waals surface area contributed by atoms with Gasteiger partial charge in [-0.15, -0.1) is 6.58 Å². The number of hydrogen-bond acceptors (Lipinski definition) is 8. The third kappa shape index (κ3) is 8.55. The number of amides is 2. The zero-order valence-electron chi connectivity index (χ0n) is 23.8. The van der Waals surface area contributed by atoms with E-state index < -0.39 is 24.2 Å². The molecule has 0 aliphatic heterocycles. The standard InChI is InChI=1S/C31H37IN2O8/c1-4-5-9-28(37)34(12-10-20-7-6-8-23(14-20)40-2)25-17-22(31(39)33-11-13-35)18-26(29(25)38)42-30-24(32)15-21(19-36)16-27(30)41-3/h4,6-8,14-16,18-19,25-26,29,35,38H,1,5,9-13,17H2,2-3H3,(H,33,39)/t25-,26+,29+/m1/s1. The van der Waals surface area contributed by atoms with Crippen molar-refractivity contribution in [2.75, 3.05) is 33.9 Å². The third-order valence-electron chi connectivity index (χ3n) is 6.91. The molecule has 2 amide bonds. The van der Waals surface area contributed by atoms with Gasteiger partial charge in [0.05, 0.1) is 30.4 Å². The number of carbonyl (C=O) groups excluding carboxylic acids is 3. The maximum Gasteiger partial charge on any atom is 0.247 e. The Labute approximate surface area is 259 Å². The van der Waals surface area contributed by atoms with Gasteiger partial charge < -0.3 is 34.6 Å². The van der Waals surface area contributed by atoms with Crippen molar-refractivity contribution in [1.29, 1.82) is 0 Å². The average Bonchev–Trinajstić information content (AvgIpc) is 3.00. The van der Waals surface area contributed by atoms with E-state index in [9.17, 15) is 24.6 Å². The lowest BCUT2D eigenvalue weighted by atomic mass is 9.87. The fourth-order valence-corrected chi connectivity index (χ4v) is 5.51. The molecular weight excluding hydrogens is 655 g/mol. The average molecular weight is 693 g/mol. The van der Waals surface area contributed by atoms with Gasteiger partial charge in [-0.2, -0.15) is 0 Å². The lowest BCUT2D eigenvalue weighted by Crippen LogP contribution is -2.55. The Morgan fingerprint density at radius 1 is 1.21 bits per heavy atom. The number of halogens is 1. The molecule has 0 unspecified atom stereocenters. The minimum atomic E-state index is -1.20. The van der Waals surface area contributed by atoms with Crippen molar-refractivity contribution >= 4 is 40.7 Å². The van der Waals surface area contributed by atoms with Crippen molar-refractivity contribution in [3.63, 3.8) is 0 Å². The highest BCUT2D eigenvalue weighted by Crippen LogP contribution is 2.37. The molecule has 226 valence electrons. The summed E-state index contributed by atoms with van der Waals surface area (Å²) in [6.45, 7) is 3.80. The number of aliphatic hydroxyl groups is 2. The van der Waals surface area contributed by atoms with Crippen LogP contribution in [0, 0.1) is 3.57 Å². The predicted molar refractivity (Wildman–Crippen MR) is 166 cm³/mol. The molecule has 3 rings (SSSR count). The fourth-order valence-electron chi connectivity index (χ4n) is 4.76. The molecule has 0 saturated carbocycles. The molecule has 0 spiro atoms. The number of rotatable bonds is 15.